The summed E-state index contributed by atoms with van der Waals surface area (Å²) in [6.45, 7) is 5.42. The first-order chi connectivity index (χ1) is 8.32. The molecule has 0 aliphatic rings. The van der Waals surface area contributed by atoms with E-state index in [0.717, 1.165) is 0 Å². The first kappa shape index (κ1) is 15.8. The van der Waals surface area contributed by atoms with E-state index in [0.29, 0.717) is 15.6 Å². The fourth-order valence-corrected chi connectivity index (χ4v) is 3.03. The molecule has 1 N–H and O–H groups in total. The maximum atomic E-state index is 12.2. The van der Waals surface area contributed by atoms with E-state index in [1.807, 2.05) is 13.8 Å². The number of hydrogen-bond acceptors (Lipinski definition) is 3. The van der Waals surface area contributed by atoms with Crippen LogP contribution in [0.2, 0.25) is 10.0 Å². The lowest BCUT2D eigenvalue weighted by molar-refractivity contribution is 0.0993. The molecule has 0 aromatic heterocycles. The SMILES string of the molecule is CC(SC(C)C(C)O)C(=O)c1ccc(Cl)cc1Cl. The Morgan fingerprint density at radius 2 is 1.89 bits per heavy atom. The van der Waals surface area contributed by atoms with Crippen molar-refractivity contribution >= 4 is 40.7 Å². The molecule has 1 rings (SSSR count). The van der Waals surface area contributed by atoms with Gasteiger partial charge in [0.25, 0.3) is 0 Å². The van der Waals surface area contributed by atoms with Crippen LogP contribution in [0.3, 0.4) is 0 Å². The number of aliphatic hydroxyl groups is 1. The lowest BCUT2D eigenvalue weighted by Gasteiger charge is -2.19. The summed E-state index contributed by atoms with van der Waals surface area (Å²) in [5, 5.41) is 10.1. The monoisotopic (exact) mass is 306 g/mol. The molecule has 1 aromatic rings. The van der Waals surface area contributed by atoms with Crippen molar-refractivity contribution in [2.24, 2.45) is 0 Å². The summed E-state index contributed by atoms with van der Waals surface area (Å²) < 4.78 is 0. The number of Topliss-reactive ketones (excluding diaryl/α,β-unsaturated/α-hetero) is 1. The zero-order chi connectivity index (χ0) is 13.9. The van der Waals surface area contributed by atoms with Crippen molar-refractivity contribution in [1.82, 2.24) is 0 Å². The Kier molecular flexibility index (Phi) is 5.99. The van der Waals surface area contributed by atoms with Crippen LogP contribution in [0, 0.1) is 0 Å². The van der Waals surface area contributed by atoms with Gasteiger partial charge in [-0.1, -0.05) is 30.1 Å². The molecular weight excluding hydrogens is 291 g/mol. The number of carbonyl (C=O) groups excluding carboxylic acids is 1. The van der Waals surface area contributed by atoms with Crippen LogP contribution >= 0.6 is 35.0 Å². The minimum Gasteiger partial charge on any atom is -0.392 e. The van der Waals surface area contributed by atoms with Crippen molar-refractivity contribution in [1.29, 1.82) is 0 Å². The first-order valence-corrected chi connectivity index (χ1v) is 7.35. The van der Waals surface area contributed by atoms with E-state index < -0.39 is 6.10 Å². The van der Waals surface area contributed by atoms with Crippen LogP contribution in [-0.4, -0.2) is 27.5 Å². The third kappa shape index (κ3) is 4.16. The number of benzene rings is 1. The molecule has 0 radical (unpaired) electrons. The van der Waals surface area contributed by atoms with Gasteiger partial charge in [0.1, 0.15) is 0 Å². The van der Waals surface area contributed by atoms with E-state index in [2.05, 4.69) is 0 Å². The molecular formula is C13H16Cl2O2S. The van der Waals surface area contributed by atoms with Crippen LogP contribution in [0.15, 0.2) is 18.2 Å². The summed E-state index contributed by atoms with van der Waals surface area (Å²) in [5.41, 5.74) is 0.471. The number of halogens is 2. The minimum atomic E-state index is -0.453. The van der Waals surface area contributed by atoms with Gasteiger partial charge >= 0.3 is 0 Å². The number of ketones is 1. The normalized spacial score (nSPS) is 16.1. The average Bonchev–Trinajstić information content (AvgIpc) is 2.27. The van der Waals surface area contributed by atoms with E-state index in [1.165, 1.54) is 11.8 Å². The second kappa shape index (κ2) is 6.80. The predicted molar refractivity (Wildman–Crippen MR) is 79.0 cm³/mol. The summed E-state index contributed by atoms with van der Waals surface area (Å²) in [7, 11) is 0. The van der Waals surface area contributed by atoms with Crippen molar-refractivity contribution < 1.29 is 9.90 Å². The average molecular weight is 307 g/mol. The smallest absolute Gasteiger partial charge is 0.177 e. The minimum absolute atomic E-state index is 0.00461. The molecule has 3 atom stereocenters. The summed E-state index contributed by atoms with van der Waals surface area (Å²) in [4.78, 5) is 12.2. The maximum Gasteiger partial charge on any atom is 0.177 e. The van der Waals surface area contributed by atoms with Crippen LogP contribution in [0.1, 0.15) is 31.1 Å². The van der Waals surface area contributed by atoms with E-state index in [4.69, 9.17) is 23.2 Å². The van der Waals surface area contributed by atoms with Crippen LogP contribution in [-0.2, 0) is 0 Å². The van der Waals surface area contributed by atoms with Crippen molar-refractivity contribution in [2.45, 2.75) is 37.4 Å². The molecule has 1 aromatic carbocycles. The van der Waals surface area contributed by atoms with Gasteiger partial charge in [0.15, 0.2) is 5.78 Å². The van der Waals surface area contributed by atoms with Gasteiger partial charge < -0.3 is 5.11 Å². The standard InChI is InChI=1S/C13H16Cl2O2S/c1-7(16)8(2)18-9(3)13(17)11-5-4-10(14)6-12(11)15/h4-9,16H,1-3H3. The third-order valence-electron chi connectivity index (χ3n) is 2.66. The zero-order valence-corrected chi connectivity index (χ0v) is 12.8. The van der Waals surface area contributed by atoms with Gasteiger partial charge in [0.05, 0.1) is 16.4 Å². The van der Waals surface area contributed by atoms with Gasteiger partial charge in [0.2, 0.25) is 0 Å². The summed E-state index contributed by atoms with van der Waals surface area (Å²) >= 11 is 13.2. The van der Waals surface area contributed by atoms with Gasteiger partial charge in [-0.3, -0.25) is 4.79 Å². The Labute approximate surface area is 122 Å². The number of carbonyl (C=O) groups is 1. The lowest BCUT2D eigenvalue weighted by Crippen LogP contribution is -2.23. The quantitative estimate of drug-likeness (QED) is 0.833. The molecule has 2 nitrogen and oxygen atoms in total. The highest BCUT2D eigenvalue weighted by atomic mass is 35.5. The molecule has 0 heterocycles. The Morgan fingerprint density at radius 3 is 2.39 bits per heavy atom. The molecule has 0 fully saturated rings. The maximum absolute atomic E-state index is 12.2. The van der Waals surface area contributed by atoms with Gasteiger partial charge in [-0.2, -0.15) is 0 Å². The molecule has 0 aliphatic carbocycles. The fraction of sp³-hybridized carbons (Fsp3) is 0.462. The van der Waals surface area contributed by atoms with E-state index in [1.54, 1.807) is 25.1 Å². The largest absolute Gasteiger partial charge is 0.392 e. The lowest BCUT2D eigenvalue weighted by atomic mass is 10.1. The Morgan fingerprint density at radius 1 is 1.28 bits per heavy atom. The number of rotatable bonds is 5. The van der Waals surface area contributed by atoms with E-state index in [-0.39, 0.29) is 16.3 Å². The second-order valence-electron chi connectivity index (χ2n) is 4.21. The molecule has 0 aliphatic heterocycles. The third-order valence-corrected chi connectivity index (χ3v) is 4.66. The molecule has 3 unspecified atom stereocenters. The van der Waals surface area contributed by atoms with Gasteiger partial charge in [-0.15, -0.1) is 11.8 Å². The molecule has 0 bridgehead atoms. The number of aliphatic hydroxyl groups excluding tert-OH is 1. The van der Waals surface area contributed by atoms with Crippen molar-refractivity contribution in [3.8, 4) is 0 Å². The Hall–Kier alpha value is -0.220. The van der Waals surface area contributed by atoms with Crippen LogP contribution < -0.4 is 0 Å². The van der Waals surface area contributed by atoms with Gasteiger partial charge in [-0.05, 0) is 32.0 Å². The molecule has 0 saturated carbocycles. The molecule has 5 heteroatoms. The van der Waals surface area contributed by atoms with Crippen molar-refractivity contribution in [3.05, 3.63) is 33.8 Å². The van der Waals surface area contributed by atoms with E-state index >= 15 is 0 Å². The van der Waals surface area contributed by atoms with Crippen molar-refractivity contribution in [2.75, 3.05) is 0 Å². The zero-order valence-electron chi connectivity index (χ0n) is 10.5. The summed E-state index contributed by atoms with van der Waals surface area (Å²) in [5.74, 6) is -0.0471. The predicted octanol–water partition coefficient (Wildman–Crippen LogP) is 4.07. The molecule has 0 amide bonds. The molecule has 0 saturated heterocycles. The molecule has 100 valence electrons. The first-order valence-electron chi connectivity index (χ1n) is 5.65. The summed E-state index contributed by atoms with van der Waals surface area (Å²) in [6, 6.07) is 4.85. The molecule has 0 spiro atoms. The van der Waals surface area contributed by atoms with Crippen LogP contribution in [0.5, 0.6) is 0 Å². The van der Waals surface area contributed by atoms with Crippen LogP contribution in [0.25, 0.3) is 0 Å². The summed E-state index contributed by atoms with van der Waals surface area (Å²) in [6.07, 6.45) is -0.453. The fourth-order valence-electron chi connectivity index (χ4n) is 1.41. The van der Waals surface area contributed by atoms with E-state index in [9.17, 15) is 9.90 Å². The van der Waals surface area contributed by atoms with Gasteiger partial charge in [0, 0.05) is 15.8 Å². The van der Waals surface area contributed by atoms with Crippen molar-refractivity contribution in [3.63, 3.8) is 0 Å². The van der Waals surface area contributed by atoms with Gasteiger partial charge in [-0.25, -0.2) is 0 Å². The number of hydrogen-bond donors (Lipinski definition) is 1. The topological polar surface area (TPSA) is 37.3 Å². The van der Waals surface area contributed by atoms with Crippen LogP contribution in [0.4, 0.5) is 0 Å². The second-order valence-corrected chi connectivity index (χ2v) is 6.78. The highest BCUT2D eigenvalue weighted by molar-refractivity contribution is 8.01. The highest BCUT2D eigenvalue weighted by Gasteiger charge is 2.22. The Balaban J connectivity index is 2.80. The molecule has 18 heavy (non-hydrogen) atoms. The Bertz CT molecular complexity index is 435. The number of thioether (sulfide) groups is 1. The highest BCUT2D eigenvalue weighted by Crippen LogP contribution is 2.27.